The van der Waals surface area contributed by atoms with Gasteiger partial charge in [-0.2, -0.15) is 0 Å². The number of hydrogen-bond acceptors (Lipinski definition) is 3. The average Bonchev–Trinajstić information content (AvgIpc) is 3.34. The number of carboxylic acid groups (broad SMARTS) is 1. The van der Waals surface area contributed by atoms with Gasteiger partial charge in [-0.25, -0.2) is 4.79 Å². The topological polar surface area (TPSA) is 77.9 Å². The molecular weight excluding hydrogens is 368 g/mol. The third kappa shape index (κ3) is 3.72. The van der Waals surface area contributed by atoms with Gasteiger partial charge in [-0.3, -0.25) is 9.59 Å². The fraction of sp³-hybridized carbons (Fsp3) is 0.261. The van der Waals surface area contributed by atoms with Crippen LogP contribution in [-0.2, 0) is 9.59 Å². The first-order valence-electron chi connectivity index (χ1n) is 9.64. The van der Waals surface area contributed by atoms with Gasteiger partial charge in [0.05, 0.1) is 16.8 Å². The first-order chi connectivity index (χ1) is 14.0. The van der Waals surface area contributed by atoms with Crippen molar-refractivity contribution in [1.29, 1.82) is 0 Å². The van der Waals surface area contributed by atoms with Crippen molar-refractivity contribution in [2.24, 2.45) is 0 Å². The SMILES string of the molecule is O=C(O)c1cc(N2CCCC2=O)cc(C#Cc2ccccc2)c1N1CCCC1=O. The van der Waals surface area contributed by atoms with Crippen molar-refractivity contribution in [2.45, 2.75) is 25.7 Å². The number of rotatable bonds is 3. The molecular formula is C23H20N2O4. The number of benzene rings is 2. The number of amides is 2. The van der Waals surface area contributed by atoms with E-state index in [0.717, 1.165) is 12.0 Å². The van der Waals surface area contributed by atoms with E-state index < -0.39 is 5.97 Å². The molecule has 0 atom stereocenters. The minimum atomic E-state index is -1.14. The molecule has 146 valence electrons. The summed E-state index contributed by atoms with van der Waals surface area (Å²) in [6.45, 7) is 1.01. The number of hydrogen-bond donors (Lipinski definition) is 1. The van der Waals surface area contributed by atoms with E-state index in [2.05, 4.69) is 11.8 Å². The van der Waals surface area contributed by atoms with Crippen molar-refractivity contribution in [3.8, 4) is 11.8 Å². The van der Waals surface area contributed by atoms with Crippen LogP contribution in [-0.4, -0.2) is 36.0 Å². The zero-order valence-electron chi connectivity index (χ0n) is 15.9. The Kier molecular flexibility index (Phi) is 5.05. The van der Waals surface area contributed by atoms with E-state index in [-0.39, 0.29) is 17.4 Å². The van der Waals surface area contributed by atoms with Gasteiger partial charge < -0.3 is 14.9 Å². The number of carbonyl (C=O) groups excluding carboxylic acids is 2. The number of anilines is 2. The highest BCUT2D eigenvalue weighted by molar-refractivity contribution is 6.06. The summed E-state index contributed by atoms with van der Waals surface area (Å²) in [5, 5.41) is 9.87. The Morgan fingerprint density at radius 2 is 1.55 bits per heavy atom. The van der Waals surface area contributed by atoms with Gasteiger partial charge in [0.1, 0.15) is 0 Å². The zero-order chi connectivity index (χ0) is 20.4. The molecule has 0 bridgehead atoms. The van der Waals surface area contributed by atoms with E-state index in [1.807, 2.05) is 30.3 Å². The Morgan fingerprint density at radius 3 is 2.14 bits per heavy atom. The predicted molar refractivity (Wildman–Crippen MR) is 109 cm³/mol. The second-order valence-electron chi connectivity index (χ2n) is 7.11. The van der Waals surface area contributed by atoms with Crippen LogP contribution in [0.5, 0.6) is 0 Å². The van der Waals surface area contributed by atoms with Gasteiger partial charge in [0.15, 0.2) is 0 Å². The fourth-order valence-electron chi connectivity index (χ4n) is 3.79. The highest BCUT2D eigenvalue weighted by Gasteiger charge is 2.31. The Morgan fingerprint density at radius 1 is 0.897 bits per heavy atom. The molecule has 2 aromatic carbocycles. The van der Waals surface area contributed by atoms with Crippen LogP contribution in [0.3, 0.4) is 0 Å². The molecule has 4 rings (SSSR count). The van der Waals surface area contributed by atoms with Gasteiger partial charge in [-0.15, -0.1) is 0 Å². The van der Waals surface area contributed by atoms with Crippen LogP contribution in [0.15, 0.2) is 42.5 Å². The smallest absolute Gasteiger partial charge is 0.337 e. The third-order valence-corrected chi connectivity index (χ3v) is 5.17. The van der Waals surface area contributed by atoms with Gasteiger partial charge in [0, 0.05) is 37.2 Å². The van der Waals surface area contributed by atoms with Crippen LogP contribution in [0.2, 0.25) is 0 Å². The Labute approximate surface area is 168 Å². The molecule has 2 saturated heterocycles. The summed E-state index contributed by atoms with van der Waals surface area (Å²) in [5.41, 5.74) is 2.05. The highest BCUT2D eigenvalue weighted by Crippen LogP contribution is 2.34. The van der Waals surface area contributed by atoms with E-state index in [9.17, 15) is 19.5 Å². The molecule has 6 heteroatoms. The molecule has 0 saturated carbocycles. The molecule has 2 aliphatic rings. The lowest BCUT2D eigenvalue weighted by atomic mass is 10.0. The second-order valence-corrected chi connectivity index (χ2v) is 7.11. The molecule has 6 nitrogen and oxygen atoms in total. The molecule has 1 N–H and O–H groups in total. The van der Waals surface area contributed by atoms with E-state index in [0.29, 0.717) is 49.3 Å². The third-order valence-electron chi connectivity index (χ3n) is 5.17. The Bertz CT molecular complexity index is 1050. The van der Waals surface area contributed by atoms with Gasteiger partial charge in [0.2, 0.25) is 11.8 Å². The molecule has 0 unspecified atom stereocenters. The van der Waals surface area contributed by atoms with Crippen LogP contribution >= 0.6 is 0 Å². The molecule has 0 aliphatic carbocycles. The maximum atomic E-state index is 12.4. The summed E-state index contributed by atoms with van der Waals surface area (Å²) in [5.74, 6) is 4.82. The van der Waals surface area contributed by atoms with E-state index in [1.54, 1.807) is 11.0 Å². The first kappa shape index (κ1) is 18.8. The predicted octanol–water partition coefficient (Wildman–Crippen LogP) is 3.04. The highest BCUT2D eigenvalue weighted by atomic mass is 16.4. The maximum absolute atomic E-state index is 12.4. The molecule has 2 fully saturated rings. The molecule has 2 aliphatic heterocycles. The zero-order valence-corrected chi connectivity index (χ0v) is 15.9. The van der Waals surface area contributed by atoms with Gasteiger partial charge in [-0.05, 0) is 37.1 Å². The van der Waals surface area contributed by atoms with E-state index in [4.69, 9.17) is 0 Å². The summed E-state index contributed by atoms with van der Waals surface area (Å²) in [6.07, 6.45) is 2.24. The molecule has 0 spiro atoms. The van der Waals surface area contributed by atoms with Crippen molar-refractivity contribution < 1.29 is 19.5 Å². The van der Waals surface area contributed by atoms with Crippen molar-refractivity contribution in [3.63, 3.8) is 0 Å². The van der Waals surface area contributed by atoms with E-state index >= 15 is 0 Å². The summed E-state index contributed by atoms with van der Waals surface area (Å²) < 4.78 is 0. The quantitative estimate of drug-likeness (QED) is 0.820. The van der Waals surface area contributed by atoms with Crippen LogP contribution in [0.4, 0.5) is 11.4 Å². The van der Waals surface area contributed by atoms with Crippen molar-refractivity contribution in [2.75, 3.05) is 22.9 Å². The van der Waals surface area contributed by atoms with Gasteiger partial charge in [-0.1, -0.05) is 30.0 Å². The molecule has 2 amide bonds. The van der Waals surface area contributed by atoms with Gasteiger partial charge in [0.25, 0.3) is 0 Å². The summed E-state index contributed by atoms with van der Waals surface area (Å²) in [6, 6.07) is 12.6. The van der Waals surface area contributed by atoms with Gasteiger partial charge >= 0.3 is 5.97 Å². The molecule has 0 radical (unpaired) electrons. The summed E-state index contributed by atoms with van der Waals surface area (Å²) >= 11 is 0. The maximum Gasteiger partial charge on any atom is 0.337 e. The van der Waals surface area contributed by atoms with Crippen molar-refractivity contribution in [3.05, 3.63) is 59.2 Å². The van der Waals surface area contributed by atoms with Crippen LogP contribution in [0, 0.1) is 11.8 Å². The van der Waals surface area contributed by atoms with Crippen LogP contribution < -0.4 is 9.80 Å². The lowest BCUT2D eigenvalue weighted by molar-refractivity contribution is -0.117. The monoisotopic (exact) mass is 388 g/mol. The molecule has 2 aromatic rings. The number of nitrogens with zero attached hydrogens (tertiary/aromatic N) is 2. The molecule has 29 heavy (non-hydrogen) atoms. The average molecular weight is 388 g/mol. The largest absolute Gasteiger partial charge is 0.478 e. The number of aromatic carboxylic acids is 1. The standard InChI is InChI=1S/C23H20N2O4/c26-20-8-4-12-24(20)18-14-17(11-10-16-6-2-1-3-7-16)22(19(15-18)23(28)29)25-13-5-9-21(25)27/h1-3,6-7,14-15H,4-5,8-9,12-13H2,(H,28,29). The molecule has 2 heterocycles. The van der Waals surface area contributed by atoms with Crippen LogP contribution in [0.1, 0.15) is 47.2 Å². The minimum Gasteiger partial charge on any atom is -0.478 e. The number of carbonyl (C=O) groups is 3. The van der Waals surface area contributed by atoms with Crippen molar-refractivity contribution >= 4 is 29.2 Å². The number of carboxylic acids is 1. The molecule has 0 aromatic heterocycles. The minimum absolute atomic E-state index is 0.00480. The summed E-state index contributed by atoms with van der Waals surface area (Å²) in [4.78, 5) is 39.8. The Hall–Kier alpha value is -3.59. The normalized spacial score (nSPS) is 16.1. The lowest BCUT2D eigenvalue weighted by Gasteiger charge is -2.23. The van der Waals surface area contributed by atoms with Crippen molar-refractivity contribution in [1.82, 2.24) is 0 Å². The van der Waals surface area contributed by atoms with E-state index in [1.165, 1.54) is 11.0 Å². The Balaban J connectivity index is 1.90. The summed E-state index contributed by atoms with van der Waals surface area (Å²) in [7, 11) is 0. The lowest BCUT2D eigenvalue weighted by Crippen LogP contribution is -2.28. The first-order valence-corrected chi connectivity index (χ1v) is 9.64. The fourth-order valence-corrected chi connectivity index (χ4v) is 3.79. The van der Waals surface area contributed by atoms with Crippen LogP contribution in [0.25, 0.3) is 0 Å². The second kappa shape index (κ2) is 7.80.